The van der Waals surface area contributed by atoms with Crippen LogP contribution in [0.25, 0.3) is 0 Å². The molecule has 2 rings (SSSR count). The van der Waals surface area contributed by atoms with Gasteiger partial charge >= 0.3 is 5.97 Å². The quantitative estimate of drug-likeness (QED) is 0.764. The number of carboxylic acids is 1. The predicted molar refractivity (Wildman–Crippen MR) is 90.8 cm³/mol. The molecule has 23 heavy (non-hydrogen) atoms. The van der Waals surface area contributed by atoms with Crippen molar-refractivity contribution in [3.8, 4) is 0 Å². The molecule has 0 bridgehead atoms. The summed E-state index contributed by atoms with van der Waals surface area (Å²) in [5.74, 6) is -1.30. The van der Waals surface area contributed by atoms with Gasteiger partial charge in [-0.1, -0.05) is 30.3 Å². The van der Waals surface area contributed by atoms with Crippen LogP contribution in [0, 0.1) is 5.92 Å². The smallest absolute Gasteiger partial charge is 0.326 e. The van der Waals surface area contributed by atoms with Gasteiger partial charge in [-0.05, 0) is 25.0 Å². The molecule has 0 saturated carbocycles. The first kappa shape index (κ1) is 17.1. The molecule has 122 valence electrons. The van der Waals surface area contributed by atoms with Crippen molar-refractivity contribution in [3.05, 3.63) is 54.3 Å². The Morgan fingerprint density at radius 1 is 1.22 bits per heavy atom. The number of carbonyl (C=O) groups excluding carboxylic acids is 1. The van der Waals surface area contributed by atoms with Crippen LogP contribution < -0.4 is 4.90 Å². The molecule has 2 unspecified atom stereocenters. The molecule has 1 N–H and O–H groups in total. The fourth-order valence-corrected chi connectivity index (χ4v) is 2.62. The molecule has 5 nitrogen and oxygen atoms in total. The Bertz CT molecular complexity index is 642. The van der Waals surface area contributed by atoms with Crippen molar-refractivity contribution in [3.63, 3.8) is 0 Å². The fourth-order valence-electron chi connectivity index (χ4n) is 2.33. The number of thiol groups is 1. The number of benzene rings is 1. The Morgan fingerprint density at radius 3 is 2.43 bits per heavy atom. The topological polar surface area (TPSA) is 70.8 Å². The Morgan fingerprint density at radius 2 is 1.91 bits per heavy atom. The van der Waals surface area contributed by atoms with Gasteiger partial charge in [0.1, 0.15) is 6.04 Å². The van der Waals surface area contributed by atoms with E-state index < -0.39 is 17.9 Å². The van der Waals surface area contributed by atoms with E-state index in [-0.39, 0.29) is 11.8 Å². The van der Waals surface area contributed by atoms with Crippen LogP contribution in [0.15, 0.2) is 53.1 Å². The van der Waals surface area contributed by atoms with Gasteiger partial charge in [-0.3, -0.25) is 9.69 Å². The van der Waals surface area contributed by atoms with Gasteiger partial charge in [0, 0.05) is 11.8 Å². The first-order valence-corrected chi connectivity index (χ1v) is 7.92. The lowest BCUT2D eigenvalue weighted by molar-refractivity contribution is -0.140. The van der Waals surface area contributed by atoms with E-state index in [2.05, 4.69) is 12.6 Å². The highest BCUT2D eigenvalue weighted by Crippen LogP contribution is 2.23. The van der Waals surface area contributed by atoms with E-state index in [1.165, 1.54) is 18.1 Å². The summed E-state index contributed by atoms with van der Waals surface area (Å²) in [6, 6.07) is 11.8. The molecule has 0 spiro atoms. The minimum absolute atomic E-state index is 0.227. The molecule has 1 aromatic heterocycles. The van der Waals surface area contributed by atoms with Gasteiger partial charge in [0.25, 0.3) is 0 Å². The average Bonchev–Trinajstić information content (AvgIpc) is 3.07. The van der Waals surface area contributed by atoms with Crippen LogP contribution in [-0.2, 0) is 16.0 Å². The molecule has 0 radical (unpaired) electrons. The summed E-state index contributed by atoms with van der Waals surface area (Å²) in [4.78, 5) is 25.4. The Hall–Kier alpha value is -2.21. The van der Waals surface area contributed by atoms with Crippen molar-refractivity contribution >= 4 is 30.4 Å². The first-order valence-electron chi connectivity index (χ1n) is 7.28. The number of hydrogen-bond acceptors (Lipinski definition) is 4. The number of carboxylic acid groups (broad SMARTS) is 1. The summed E-state index contributed by atoms with van der Waals surface area (Å²) in [7, 11) is 0. The molecule has 0 fully saturated rings. The zero-order valence-electron chi connectivity index (χ0n) is 12.8. The normalized spacial score (nSPS) is 13.3. The van der Waals surface area contributed by atoms with Crippen LogP contribution in [0.2, 0.25) is 0 Å². The number of nitrogens with zero attached hydrogens (tertiary/aromatic N) is 1. The van der Waals surface area contributed by atoms with Gasteiger partial charge in [0.05, 0.1) is 12.2 Å². The summed E-state index contributed by atoms with van der Waals surface area (Å²) < 4.78 is 5.25. The number of anilines is 1. The maximum Gasteiger partial charge on any atom is 0.326 e. The SMILES string of the molecule is CC(C(=O)O)N(C(=O)C(CS)Cc1ccccc1)c1ccco1. The lowest BCUT2D eigenvalue weighted by Gasteiger charge is -2.27. The Labute approximate surface area is 140 Å². The minimum atomic E-state index is -1.09. The number of aliphatic carboxylic acids is 1. The number of hydrogen-bond donors (Lipinski definition) is 2. The van der Waals surface area contributed by atoms with Crippen LogP contribution in [-0.4, -0.2) is 28.8 Å². The summed E-state index contributed by atoms with van der Waals surface area (Å²) in [5.41, 5.74) is 1.00. The molecule has 1 amide bonds. The van der Waals surface area contributed by atoms with Gasteiger partial charge in [-0.25, -0.2) is 4.79 Å². The number of rotatable bonds is 7. The third-order valence-electron chi connectivity index (χ3n) is 3.62. The van der Waals surface area contributed by atoms with Crippen molar-refractivity contribution in [2.24, 2.45) is 5.92 Å². The highest BCUT2D eigenvalue weighted by Gasteiger charge is 2.33. The molecule has 6 heteroatoms. The van der Waals surface area contributed by atoms with Crippen LogP contribution in [0.1, 0.15) is 12.5 Å². The lowest BCUT2D eigenvalue weighted by atomic mass is 9.99. The highest BCUT2D eigenvalue weighted by molar-refractivity contribution is 7.80. The molecule has 0 saturated heterocycles. The van der Waals surface area contributed by atoms with Crippen LogP contribution in [0.4, 0.5) is 5.88 Å². The van der Waals surface area contributed by atoms with E-state index in [1.54, 1.807) is 12.1 Å². The summed E-state index contributed by atoms with van der Waals surface area (Å²) in [6.07, 6.45) is 1.91. The molecule has 2 aromatic rings. The van der Waals surface area contributed by atoms with Crippen molar-refractivity contribution in [2.45, 2.75) is 19.4 Å². The second-order valence-electron chi connectivity index (χ2n) is 5.24. The van der Waals surface area contributed by atoms with E-state index in [0.29, 0.717) is 12.2 Å². The summed E-state index contributed by atoms with van der Waals surface area (Å²) in [5, 5.41) is 9.29. The van der Waals surface area contributed by atoms with E-state index in [0.717, 1.165) is 5.56 Å². The first-order chi connectivity index (χ1) is 11.0. The number of furan rings is 1. The highest BCUT2D eigenvalue weighted by atomic mass is 32.1. The number of carbonyl (C=O) groups is 2. The molecule has 2 atom stereocenters. The third-order valence-corrected chi connectivity index (χ3v) is 4.06. The van der Waals surface area contributed by atoms with Crippen LogP contribution in [0.3, 0.4) is 0 Å². The second-order valence-corrected chi connectivity index (χ2v) is 5.61. The molecule has 0 aliphatic carbocycles. The summed E-state index contributed by atoms with van der Waals surface area (Å²) in [6.45, 7) is 1.46. The van der Waals surface area contributed by atoms with Crippen molar-refractivity contribution in [1.29, 1.82) is 0 Å². The molecule has 1 heterocycles. The van der Waals surface area contributed by atoms with Gasteiger partial charge in [-0.15, -0.1) is 0 Å². The predicted octanol–water partition coefficient (Wildman–Crippen LogP) is 2.87. The molecular weight excluding hydrogens is 314 g/mol. The second kappa shape index (κ2) is 7.87. The number of amides is 1. The third kappa shape index (κ3) is 4.16. The van der Waals surface area contributed by atoms with E-state index >= 15 is 0 Å². The standard InChI is InChI=1S/C17H19NO4S/c1-12(17(20)21)18(15-8-5-9-22-15)16(19)14(11-23)10-13-6-3-2-4-7-13/h2-9,12,14,23H,10-11H2,1H3,(H,20,21). The Balaban J connectivity index is 2.26. The van der Waals surface area contributed by atoms with E-state index in [1.807, 2.05) is 30.3 Å². The lowest BCUT2D eigenvalue weighted by Crippen LogP contribution is -2.47. The Kier molecular flexibility index (Phi) is 5.87. The van der Waals surface area contributed by atoms with Crippen molar-refractivity contribution < 1.29 is 19.1 Å². The van der Waals surface area contributed by atoms with Crippen LogP contribution >= 0.6 is 12.6 Å². The van der Waals surface area contributed by atoms with E-state index in [4.69, 9.17) is 4.42 Å². The van der Waals surface area contributed by atoms with Gasteiger partial charge in [0.2, 0.25) is 11.8 Å². The fraction of sp³-hybridized carbons (Fsp3) is 0.294. The van der Waals surface area contributed by atoms with Crippen molar-refractivity contribution in [1.82, 2.24) is 0 Å². The van der Waals surface area contributed by atoms with Crippen LogP contribution in [0.5, 0.6) is 0 Å². The zero-order valence-corrected chi connectivity index (χ0v) is 13.6. The molecular formula is C17H19NO4S. The van der Waals surface area contributed by atoms with E-state index in [9.17, 15) is 14.7 Å². The van der Waals surface area contributed by atoms with Crippen molar-refractivity contribution in [2.75, 3.05) is 10.7 Å². The largest absolute Gasteiger partial charge is 0.480 e. The molecule has 0 aliphatic rings. The molecule has 1 aromatic carbocycles. The zero-order chi connectivity index (χ0) is 16.8. The average molecular weight is 333 g/mol. The molecule has 0 aliphatic heterocycles. The summed E-state index contributed by atoms with van der Waals surface area (Å²) >= 11 is 4.27. The van der Waals surface area contributed by atoms with Gasteiger partial charge in [0.15, 0.2) is 0 Å². The van der Waals surface area contributed by atoms with Gasteiger partial charge in [-0.2, -0.15) is 12.6 Å². The van der Waals surface area contributed by atoms with Gasteiger partial charge < -0.3 is 9.52 Å². The maximum atomic E-state index is 12.9. The maximum absolute atomic E-state index is 12.9. The monoisotopic (exact) mass is 333 g/mol. The minimum Gasteiger partial charge on any atom is -0.480 e.